The lowest BCUT2D eigenvalue weighted by molar-refractivity contribution is 0.154. The molecule has 1 aliphatic heterocycles. The minimum Gasteiger partial charge on any atom is -0.310 e. The van der Waals surface area contributed by atoms with Crippen molar-refractivity contribution < 1.29 is 0 Å². The van der Waals surface area contributed by atoms with Gasteiger partial charge in [-0.2, -0.15) is 11.8 Å². The smallest absolute Gasteiger partial charge is 0.0300 e. The summed E-state index contributed by atoms with van der Waals surface area (Å²) in [6, 6.07) is 5.65. The largest absolute Gasteiger partial charge is 0.310 e. The first-order valence-corrected chi connectivity index (χ1v) is 8.71. The first kappa shape index (κ1) is 14.4. The molecule has 3 unspecified atom stereocenters. The lowest BCUT2D eigenvalue weighted by Gasteiger charge is -2.41. The van der Waals surface area contributed by atoms with E-state index >= 15 is 0 Å². The van der Waals surface area contributed by atoms with Gasteiger partial charge in [0.15, 0.2) is 0 Å². The van der Waals surface area contributed by atoms with Gasteiger partial charge in [0, 0.05) is 47.6 Å². The predicted molar refractivity (Wildman–Crippen MR) is 83.6 cm³/mol. The average molecular weight is 284 g/mol. The van der Waals surface area contributed by atoms with Crippen LogP contribution in [0.25, 0.3) is 0 Å². The summed E-state index contributed by atoms with van der Waals surface area (Å²) in [4.78, 5) is 4.08. The second kappa shape index (κ2) is 6.94. The van der Waals surface area contributed by atoms with E-state index in [2.05, 4.69) is 60.3 Å². The van der Waals surface area contributed by atoms with Crippen molar-refractivity contribution in [2.45, 2.75) is 44.6 Å². The second-order valence-corrected chi connectivity index (χ2v) is 7.63. The van der Waals surface area contributed by atoms with Gasteiger partial charge in [0.1, 0.15) is 0 Å². The molecule has 0 aromatic carbocycles. The van der Waals surface area contributed by atoms with Crippen molar-refractivity contribution in [3.05, 3.63) is 22.4 Å². The lowest BCUT2D eigenvalue weighted by Crippen LogP contribution is -2.51. The first-order chi connectivity index (χ1) is 8.68. The molecule has 0 saturated carbocycles. The summed E-state index contributed by atoms with van der Waals surface area (Å²) in [6.07, 6.45) is 0. The van der Waals surface area contributed by atoms with Crippen molar-refractivity contribution in [2.24, 2.45) is 0 Å². The minimum atomic E-state index is 0.628. The number of rotatable bonds is 5. The van der Waals surface area contributed by atoms with E-state index in [0.717, 1.165) is 18.3 Å². The Balaban J connectivity index is 1.75. The highest BCUT2D eigenvalue weighted by atomic mass is 32.2. The van der Waals surface area contributed by atoms with E-state index in [4.69, 9.17) is 0 Å². The van der Waals surface area contributed by atoms with Crippen LogP contribution in [0.5, 0.6) is 0 Å². The molecule has 2 nitrogen and oxygen atoms in total. The fraction of sp³-hybridized carbons (Fsp3) is 0.714. The highest BCUT2D eigenvalue weighted by molar-refractivity contribution is 8.00. The van der Waals surface area contributed by atoms with Crippen LogP contribution >= 0.6 is 23.1 Å². The van der Waals surface area contributed by atoms with Crippen LogP contribution in [0.2, 0.25) is 0 Å². The third-order valence-corrected chi connectivity index (χ3v) is 6.03. The standard InChI is InChI=1S/C14H24N2S2/c1-11(9-15-10-14-5-4-7-18-14)16-6-8-17-13(3)12(16)2/h4-5,7,11-13,15H,6,8-10H2,1-3H3. The molecule has 0 aliphatic carbocycles. The summed E-state index contributed by atoms with van der Waals surface area (Å²) >= 11 is 3.94. The minimum absolute atomic E-state index is 0.628. The van der Waals surface area contributed by atoms with Crippen molar-refractivity contribution in [1.82, 2.24) is 10.2 Å². The van der Waals surface area contributed by atoms with Crippen LogP contribution in [-0.2, 0) is 6.54 Å². The Hall–Kier alpha value is -0.0300. The molecule has 1 aliphatic rings. The number of thioether (sulfide) groups is 1. The number of nitrogens with zero attached hydrogens (tertiary/aromatic N) is 1. The maximum absolute atomic E-state index is 3.58. The zero-order valence-corrected chi connectivity index (χ0v) is 13.2. The van der Waals surface area contributed by atoms with E-state index in [9.17, 15) is 0 Å². The van der Waals surface area contributed by atoms with Crippen LogP contribution in [0, 0.1) is 0 Å². The predicted octanol–water partition coefficient (Wildman–Crippen LogP) is 3.05. The van der Waals surface area contributed by atoms with Crippen LogP contribution < -0.4 is 5.32 Å². The molecule has 1 aromatic rings. The first-order valence-electron chi connectivity index (χ1n) is 6.79. The van der Waals surface area contributed by atoms with Crippen molar-refractivity contribution in [1.29, 1.82) is 0 Å². The molecule has 1 saturated heterocycles. The summed E-state index contributed by atoms with van der Waals surface area (Å²) in [6.45, 7) is 10.4. The van der Waals surface area contributed by atoms with Crippen LogP contribution in [-0.4, -0.2) is 41.1 Å². The average Bonchev–Trinajstić information content (AvgIpc) is 2.85. The van der Waals surface area contributed by atoms with Gasteiger partial charge in [-0.15, -0.1) is 11.3 Å². The molecule has 4 heteroatoms. The third kappa shape index (κ3) is 3.73. The zero-order valence-electron chi connectivity index (χ0n) is 11.6. The molecular formula is C14H24N2S2. The Kier molecular flexibility index (Phi) is 5.55. The molecule has 18 heavy (non-hydrogen) atoms. The lowest BCUT2D eigenvalue weighted by atomic mass is 10.1. The molecular weight excluding hydrogens is 260 g/mol. The molecule has 1 fully saturated rings. The van der Waals surface area contributed by atoms with E-state index in [-0.39, 0.29) is 0 Å². The second-order valence-electron chi connectivity index (χ2n) is 5.11. The van der Waals surface area contributed by atoms with E-state index in [1.54, 1.807) is 0 Å². The van der Waals surface area contributed by atoms with Crippen LogP contribution in [0.15, 0.2) is 17.5 Å². The number of thiophene rings is 1. The molecule has 0 bridgehead atoms. The summed E-state index contributed by atoms with van der Waals surface area (Å²) < 4.78 is 0. The Bertz CT molecular complexity index is 340. The van der Waals surface area contributed by atoms with Crippen LogP contribution in [0.1, 0.15) is 25.6 Å². The van der Waals surface area contributed by atoms with Crippen molar-refractivity contribution >= 4 is 23.1 Å². The molecule has 1 N–H and O–H groups in total. The normalized spacial score (nSPS) is 27.3. The van der Waals surface area contributed by atoms with Gasteiger partial charge in [-0.25, -0.2) is 0 Å². The van der Waals surface area contributed by atoms with Crippen molar-refractivity contribution in [3.63, 3.8) is 0 Å². The Labute approximate surface area is 119 Å². The molecule has 0 radical (unpaired) electrons. The SMILES string of the molecule is CC1SCCN(C(C)CNCc2cccs2)C1C. The molecule has 102 valence electrons. The Morgan fingerprint density at radius 2 is 2.33 bits per heavy atom. The highest BCUT2D eigenvalue weighted by Crippen LogP contribution is 2.25. The van der Waals surface area contributed by atoms with Crippen LogP contribution in [0.4, 0.5) is 0 Å². The maximum Gasteiger partial charge on any atom is 0.0300 e. The van der Waals surface area contributed by atoms with Gasteiger partial charge >= 0.3 is 0 Å². The van der Waals surface area contributed by atoms with E-state index < -0.39 is 0 Å². The summed E-state index contributed by atoms with van der Waals surface area (Å²) in [5, 5.41) is 6.49. The topological polar surface area (TPSA) is 15.3 Å². The third-order valence-electron chi connectivity index (χ3n) is 3.82. The van der Waals surface area contributed by atoms with E-state index in [1.165, 1.54) is 17.2 Å². The van der Waals surface area contributed by atoms with Gasteiger partial charge in [0.2, 0.25) is 0 Å². The maximum atomic E-state index is 3.58. The van der Waals surface area contributed by atoms with Gasteiger partial charge in [-0.05, 0) is 25.3 Å². The summed E-state index contributed by atoms with van der Waals surface area (Å²) in [5.74, 6) is 1.28. The monoisotopic (exact) mass is 284 g/mol. The quantitative estimate of drug-likeness (QED) is 0.894. The zero-order chi connectivity index (χ0) is 13.0. The van der Waals surface area contributed by atoms with Crippen LogP contribution in [0.3, 0.4) is 0 Å². The van der Waals surface area contributed by atoms with Gasteiger partial charge in [0.05, 0.1) is 0 Å². The summed E-state index contributed by atoms with van der Waals surface area (Å²) in [7, 11) is 0. The van der Waals surface area contributed by atoms with Gasteiger partial charge in [-0.1, -0.05) is 13.0 Å². The van der Waals surface area contributed by atoms with E-state index in [1.807, 2.05) is 11.3 Å². The Morgan fingerprint density at radius 1 is 1.50 bits per heavy atom. The molecule has 3 atom stereocenters. The van der Waals surface area contributed by atoms with Gasteiger partial charge in [0.25, 0.3) is 0 Å². The molecule has 0 amide bonds. The van der Waals surface area contributed by atoms with Crippen molar-refractivity contribution in [2.75, 3.05) is 18.8 Å². The fourth-order valence-electron chi connectivity index (χ4n) is 2.51. The van der Waals surface area contributed by atoms with Gasteiger partial charge in [-0.3, -0.25) is 4.90 Å². The number of hydrogen-bond donors (Lipinski definition) is 1. The van der Waals surface area contributed by atoms with Gasteiger partial charge < -0.3 is 5.32 Å². The number of hydrogen-bond acceptors (Lipinski definition) is 4. The van der Waals surface area contributed by atoms with E-state index in [0.29, 0.717) is 12.1 Å². The van der Waals surface area contributed by atoms with Crippen molar-refractivity contribution in [3.8, 4) is 0 Å². The fourth-order valence-corrected chi connectivity index (χ4v) is 4.31. The highest BCUT2D eigenvalue weighted by Gasteiger charge is 2.28. The molecule has 2 heterocycles. The molecule has 2 rings (SSSR count). The number of nitrogens with one attached hydrogen (secondary N) is 1. The molecule has 1 aromatic heterocycles. The Morgan fingerprint density at radius 3 is 3.06 bits per heavy atom. The summed E-state index contributed by atoms with van der Waals surface area (Å²) in [5.41, 5.74) is 0. The molecule has 0 spiro atoms.